The highest BCUT2D eigenvalue weighted by atomic mass is 79.9. The molecule has 128 valence electrons. The molecule has 0 aliphatic heterocycles. The number of aromatic nitrogens is 2. The van der Waals surface area contributed by atoms with E-state index < -0.39 is 10.8 Å². The molecule has 0 spiro atoms. The highest BCUT2D eigenvalue weighted by molar-refractivity contribution is 9.10. The van der Waals surface area contributed by atoms with Crippen LogP contribution in [-0.2, 0) is 6.42 Å². The van der Waals surface area contributed by atoms with Crippen molar-refractivity contribution in [1.82, 2.24) is 15.5 Å². The molecule has 2 rings (SSSR count). The summed E-state index contributed by atoms with van der Waals surface area (Å²) in [6.07, 6.45) is 0.567. The van der Waals surface area contributed by atoms with Crippen LogP contribution in [0.4, 0.5) is 5.69 Å². The first-order valence-corrected chi connectivity index (χ1v) is 8.04. The Hall–Kier alpha value is -2.26. The number of nitrogens with zero attached hydrogens (tertiary/aromatic N) is 2. The number of aliphatic hydroxyl groups excluding tert-OH is 1. The van der Waals surface area contributed by atoms with E-state index in [9.17, 15) is 20.0 Å². The number of hydrogen-bond acceptors (Lipinski definition) is 5. The molecule has 0 fully saturated rings. The first-order chi connectivity index (χ1) is 11.4. The van der Waals surface area contributed by atoms with Gasteiger partial charge < -0.3 is 10.4 Å². The summed E-state index contributed by atoms with van der Waals surface area (Å²) in [5, 5.41) is 29.2. The first kappa shape index (κ1) is 18.1. The molecule has 1 amide bonds. The number of aromatic amines is 1. The van der Waals surface area contributed by atoms with E-state index in [0.29, 0.717) is 6.42 Å². The lowest BCUT2D eigenvalue weighted by Crippen LogP contribution is -2.32. The summed E-state index contributed by atoms with van der Waals surface area (Å²) < 4.78 is 0.934. The van der Waals surface area contributed by atoms with Gasteiger partial charge in [-0.3, -0.25) is 20.0 Å². The molecule has 3 N–H and O–H groups in total. The molecule has 24 heavy (non-hydrogen) atoms. The lowest BCUT2D eigenvalue weighted by atomic mass is 10.00. The molecule has 0 radical (unpaired) electrons. The summed E-state index contributed by atoms with van der Waals surface area (Å²) in [7, 11) is 0. The fraction of sp³-hybridized carbons (Fsp3) is 0.333. The maximum Gasteiger partial charge on any atom is 0.322 e. The first-order valence-electron chi connectivity index (χ1n) is 7.25. The van der Waals surface area contributed by atoms with Gasteiger partial charge in [0.15, 0.2) is 0 Å². The third kappa shape index (κ3) is 4.39. The van der Waals surface area contributed by atoms with Gasteiger partial charge in [-0.2, -0.15) is 5.10 Å². The lowest BCUT2D eigenvalue weighted by Gasteiger charge is -2.15. The van der Waals surface area contributed by atoms with Crippen molar-refractivity contribution in [3.05, 3.63) is 55.8 Å². The van der Waals surface area contributed by atoms with Gasteiger partial charge in [0.1, 0.15) is 5.69 Å². The van der Waals surface area contributed by atoms with Crippen molar-refractivity contribution in [2.75, 3.05) is 13.2 Å². The molecular formula is C15H17BrN4O4. The Labute approximate surface area is 146 Å². The maximum absolute atomic E-state index is 12.1. The van der Waals surface area contributed by atoms with Gasteiger partial charge in [0.25, 0.3) is 5.91 Å². The minimum atomic E-state index is -0.640. The van der Waals surface area contributed by atoms with Crippen LogP contribution in [-0.4, -0.2) is 39.3 Å². The maximum atomic E-state index is 12.1. The summed E-state index contributed by atoms with van der Waals surface area (Å²) in [5.41, 5.74) is 0.647. The normalized spacial score (nSPS) is 12.0. The topological polar surface area (TPSA) is 121 Å². The highest BCUT2D eigenvalue weighted by Gasteiger charge is 2.27. The van der Waals surface area contributed by atoms with Gasteiger partial charge in [0.05, 0.1) is 4.92 Å². The van der Waals surface area contributed by atoms with Gasteiger partial charge in [-0.1, -0.05) is 28.1 Å². The van der Waals surface area contributed by atoms with E-state index in [1.807, 2.05) is 24.3 Å². The molecule has 8 nitrogen and oxygen atoms in total. The van der Waals surface area contributed by atoms with E-state index in [1.54, 1.807) is 0 Å². The summed E-state index contributed by atoms with van der Waals surface area (Å²) in [6.45, 7) is 1.55. The van der Waals surface area contributed by atoms with Crippen molar-refractivity contribution >= 4 is 27.5 Å². The fourth-order valence-electron chi connectivity index (χ4n) is 2.32. The quantitative estimate of drug-likeness (QED) is 0.487. The predicted molar refractivity (Wildman–Crippen MR) is 90.7 cm³/mol. The van der Waals surface area contributed by atoms with Gasteiger partial charge in [-0.05, 0) is 31.0 Å². The average molecular weight is 397 g/mol. The van der Waals surface area contributed by atoms with Gasteiger partial charge >= 0.3 is 5.69 Å². The van der Waals surface area contributed by atoms with Gasteiger partial charge in [-0.15, -0.1) is 0 Å². The molecular weight excluding hydrogens is 380 g/mol. The van der Waals surface area contributed by atoms with E-state index in [-0.39, 0.29) is 36.1 Å². The second-order valence-corrected chi connectivity index (χ2v) is 6.31. The Balaban J connectivity index is 2.00. The van der Waals surface area contributed by atoms with Crippen LogP contribution in [0.2, 0.25) is 0 Å². The molecule has 0 aliphatic rings. The zero-order valence-corrected chi connectivity index (χ0v) is 14.5. The number of hydrogen-bond donors (Lipinski definition) is 3. The Kier molecular flexibility index (Phi) is 6.04. The number of benzene rings is 1. The number of rotatable bonds is 7. The largest absolute Gasteiger partial charge is 0.396 e. The van der Waals surface area contributed by atoms with E-state index >= 15 is 0 Å². The molecule has 0 bridgehead atoms. The molecule has 1 aromatic carbocycles. The standard InChI is InChI=1S/C15H17BrN4O4/c1-9-14(20(23)24)13(19-18-9)15(22)17-7-11(8-21)5-10-3-2-4-12(16)6-10/h2-4,6,11,21H,5,7-8H2,1H3,(H,17,22)(H,18,19). The number of carbonyl (C=O) groups is 1. The molecule has 0 aliphatic carbocycles. The Bertz CT molecular complexity index is 747. The van der Waals surface area contributed by atoms with Crippen LogP contribution in [0.25, 0.3) is 0 Å². The lowest BCUT2D eigenvalue weighted by molar-refractivity contribution is -0.385. The van der Waals surface area contributed by atoms with Crippen molar-refractivity contribution in [3.63, 3.8) is 0 Å². The number of nitrogens with one attached hydrogen (secondary N) is 2. The van der Waals surface area contributed by atoms with Crippen molar-refractivity contribution < 1.29 is 14.8 Å². The third-order valence-corrected chi connectivity index (χ3v) is 4.03. The fourth-order valence-corrected chi connectivity index (χ4v) is 2.77. The van der Waals surface area contributed by atoms with Crippen LogP contribution in [0, 0.1) is 23.0 Å². The highest BCUT2D eigenvalue weighted by Crippen LogP contribution is 2.20. The number of H-pyrrole nitrogens is 1. The van der Waals surface area contributed by atoms with Crippen molar-refractivity contribution in [2.24, 2.45) is 5.92 Å². The zero-order valence-electron chi connectivity index (χ0n) is 13.0. The molecule has 0 saturated carbocycles. The molecule has 1 atom stereocenters. The van der Waals surface area contributed by atoms with Crippen LogP contribution >= 0.6 is 15.9 Å². The summed E-state index contributed by atoms with van der Waals surface area (Å²) in [4.78, 5) is 22.5. The second kappa shape index (κ2) is 8.02. The molecule has 1 unspecified atom stereocenters. The molecule has 1 aromatic heterocycles. The number of nitro groups is 1. The van der Waals surface area contributed by atoms with Crippen LogP contribution in [0.5, 0.6) is 0 Å². The molecule has 2 aromatic rings. The minimum absolute atomic E-state index is 0.117. The second-order valence-electron chi connectivity index (χ2n) is 5.40. The molecule has 0 saturated heterocycles. The van der Waals surface area contributed by atoms with Crippen molar-refractivity contribution in [1.29, 1.82) is 0 Å². The number of aliphatic hydroxyl groups is 1. The molecule has 9 heteroatoms. The number of carbonyl (C=O) groups excluding carboxylic acids is 1. The van der Waals surface area contributed by atoms with Crippen LogP contribution < -0.4 is 5.32 Å². The minimum Gasteiger partial charge on any atom is -0.396 e. The van der Waals surface area contributed by atoms with E-state index in [1.165, 1.54) is 6.92 Å². The summed E-state index contributed by atoms with van der Waals surface area (Å²) in [5.74, 6) is -0.846. The van der Waals surface area contributed by atoms with Crippen LogP contribution in [0.3, 0.4) is 0 Å². The van der Waals surface area contributed by atoms with Crippen LogP contribution in [0.1, 0.15) is 21.7 Å². The van der Waals surface area contributed by atoms with Gasteiger partial charge in [0, 0.05) is 23.5 Å². The average Bonchev–Trinajstić information content (AvgIpc) is 2.93. The van der Waals surface area contributed by atoms with E-state index in [2.05, 4.69) is 31.4 Å². The zero-order chi connectivity index (χ0) is 17.7. The Morgan fingerprint density at radius 3 is 2.92 bits per heavy atom. The number of halogens is 1. The van der Waals surface area contributed by atoms with E-state index in [4.69, 9.17) is 0 Å². The SMILES string of the molecule is Cc1[nH]nc(C(=O)NCC(CO)Cc2cccc(Br)c2)c1[N+](=O)[O-]. The third-order valence-electron chi connectivity index (χ3n) is 3.54. The Morgan fingerprint density at radius 2 is 2.29 bits per heavy atom. The van der Waals surface area contributed by atoms with Gasteiger partial charge in [-0.25, -0.2) is 0 Å². The van der Waals surface area contributed by atoms with Gasteiger partial charge in [0.2, 0.25) is 5.69 Å². The Morgan fingerprint density at radius 1 is 1.54 bits per heavy atom. The number of amides is 1. The smallest absolute Gasteiger partial charge is 0.322 e. The van der Waals surface area contributed by atoms with Crippen molar-refractivity contribution in [3.8, 4) is 0 Å². The van der Waals surface area contributed by atoms with Crippen molar-refractivity contribution in [2.45, 2.75) is 13.3 Å². The number of aryl methyl sites for hydroxylation is 1. The monoisotopic (exact) mass is 396 g/mol. The summed E-state index contributed by atoms with van der Waals surface area (Å²) in [6, 6.07) is 7.66. The van der Waals surface area contributed by atoms with Crippen LogP contribution in [0.15, 0.2) is 28.7 Å². The summed E-state index contributed by atoms with van der Waals surface area (Å²) >= 11 is 3.38. The molecule has 1 heterocycles. The van der Waals surface area contributed by atoms with E-state index in [0.717, 1.165) is 10.0 Å². The predicted octanol–water partition coefficient (Wildman–Crippen LogP) is 1.97.